The largest absolute Gasteiger partial charge is 0.314 e. The Labute approximate surface area is 118 Å². The first-order chi connectivity index (χ1) is 9.33. The molecule has 2 aliphatic heterocycles. The van der Waals surface area contributed by atoms with Crippen LogP contribution in [0.2, 0.25) is 0 Å². The topological polar surface area (TPSA) is 18.5 Å². The second kappa shape index (κ2) is 6.55. The number of hydrogen-bond donors (Lipinski definition) is 1. The molecule has 1 N–H and O–H groups in total. The van der Waals surface area contributed by atoms with Crippen molar-refractivity contribution in [1.29, 1.82) is 0 Å². The third-order valence-corrected chi connectivity index (χ3v) is 5.28. The molecule has 0 radical (unpaired) electrons. The van der Waals surface area contributed by atoms with Crippen LogP contribution in [0.5, 0.6) is 0 Å². The van der Waals surface area contributed by atoms with Crippen LogP contribution in [0.1, 0.15) is 51.9 Å². The lowest BCUT2D eigenvalue weighted by atomic mass is 10.1. The van der Waals surface area contributed by atoms with Crippen molar-refractivity contribution in [2.45, 2.75) is 70.0 Å². The Bertz CT molecular complexity index is 271. The summed E-state index contributed by atoms with van der Waals surface area (Å²) in [5, 5.41) is 3.63. The van der Waals surface area contributed by atoms with Crippen LogP contribution in [0.25, 0.3) is 0 Å². The summed E-state index contributed by atoms with van der Waals surface area (Å²) in [7, 11) is 0. The Morgan fingerprint density at radius 1 is 1.11 bits per heavy atom. The van der Waals surface area contributed by atoms with Gasteiger partial charge in [-0.3, -0.25) is 9.80 Å². The Morgan fingerprint density at radius 3 is 2.63 bits per heavy atom. The fraction of sp³-hybridized carbons (Fsp3) is 1.00. The van der Waals surface area contributed by atoms with E-state index in [0.717, 1.165) is 18.1 Å². The highest BCUT2D eigenvalue weighted by molar-refractivity contribution is 4.87. The first kappa shape index (κ1) is 13.8. The molecule has 3 heteroatoms. The third kappa shape index (κ3) is 3.93. The number of hydrogen-bond acceptors (Lipinski definition) is 3. The van der Waals surface area contributed by atoms with Crippen LogP contribution >= 0.6 is 0 Å². The monoisotopic (exact) mass is 265 g/mol. The van der Waals surface area contributed by atoms with Gasteiger partial charge in [0.25, 0.3) is 0 Å². The summed E-state index contributed by atoms with van der Waals surface area (Å²) in [6, 6.07) is 2.53. The lowest BCUT2D eigenvalue weighted by molar-refractivity contribution is 0.200. The van der Waals surface area contributed by atoms with Crippen molar-refractivity contribution in [3.05, 3.63) is 0 Å². The van der Waals surface area contributed by atoms with Crippen LogP contribution in [0.4, 0.5) is 0 Å². The molecule has 3 fully saturated rings. The maximum Gasteiger partial charge on any atom is 0.0235 e. The third-order valence-electron chi connectivity index (χ3n) is 5.28. The highest BCUT2D eigenvalue weighted by atomic mass is 15.3. The molecule has 2 unspecified atom stereocenters. The van der Waals surface area contributed by atoms with Gasteiger partial charge in [-0.1, -0.05) is 0 Å². The van der Waals surface area contributed by atoms with Crippen molar-refractivity contribution in [1.82, 2.24) is 15.1 Å². The smallest absolute Gasteiger partial charge is 0.0235 e. The molecule has 1 saturated carbocycles. The van der Waals surface area contributed by atoms with Crippen LogP contribution in [-0.4, -0.2) is 60.6 Å². The van der Waals surface area contributed by atoms with Crippen LogP contribution in [0, 0.1) is 0 Å². The molecule has 19 heavy (non-hydrogen) atoms. The Kier molecular flexibility index (Phi) is 4.78. The van der Waals surface area contributed by atoms with Crippen molar-refractivity contribution >= 4 is 0 Å². The van der Waals surface area contributed by atoms with E-state index in [1.165, 1.54) is 77.7 Å². The van der Waals surface area contributed by atoms with Crippen molar-refractivity contribution in [2.75, 3.05) is 32.7 Å². The molecule has 110 valence electrons. The highest BCUT2D eigenvalue weighted by Gasteiger charge is 2.31. The average molecular weight is 265 g/mol. The lowest BCUT2D eigenvalue weighted by Crippen LogP contribution is -2.38. The number of nitrogens with one attached hydrogen (secondary N) is 1. The predicted octanol–water partition coefficient (Wildman–Crippen LogP) is 2.08. The number of likely N-dealkylation sites (tertiary alicyclic amines) is 2. The maximum atomic E-state index is 3.63. The Balaban J connectivity index is 1.32. The van der Waals surface area contributed by atoms with E-state index in [1.54, 1.807) is 0 Å². The highest BCUT2D eigenvalue weighted by Crippen LogP contribution is 2.23. The van der Waals surface area contributed by atoms with Gasteiger partial charge in [-0.2, -0.15) is 0 Å². The van der Waals surface area contributed by atoms with Gasteiger partial charge in [0.05, 0.1) is 0 Å². The van der Waals surface area contributed by atoms with Gasteiger partial charge in [-0.05, 0) is 71.5 Å². The van der Waals surface area contributed by atoms with Gasteiger partial charge in [0, 0.05) is 31.2 Å². The quantitative estimate of drug-likeness (QED) is 0.711. The van der Waals surface area contributed by atoms with Gasteiger partial charge in [0.15, 0.2) is 0 Å². The van der Waals surface area contributed by atoms with E-state index in [9.17, 15) is 0 Å². The molecule has 2 heterocycles. The van der Waals surface area contributed by atoms with Gasteiger partial charge in [-0.25, -0.2) is 0 Å². The van der Waals surface area contributed by atoms with Crippen LogP contribution in [0.15, 0.2) is 0 Å². The zero-order chi connectivity index (χ0) is 13.1. The van der Waals surface area contributed by atoms with Gasteiger partial charge in [0.1, 0.15) is 0 Å². The van der Waals surface area contributed by atoms with Crippen LogP contribution < -0.4 is 5.32 Å². The zero-order valence-corrected chi connectivity index (χ0v) is 12.6. The predicted molar refractivity (Wildman–Crippen MR) is 80.5 cm³/mol. The van der Waals surface area contributed by atoms with E-state index < -0.39 is 0 Å². The maximum absolute atomic E-state index is 3.63. The van der Waals surface area contributed by atoms with Crippen LogP contribution in [0.3, 0.4) is 0 Å². The minimum absolute atomic E-state index is 0.786. The second-order valence-electron chi connectivity index (χ2n) is 6.90. The summed E-state index contributed by atoms with van der Waals surface area (Å²) in [6.45, 7) is 9.05. The SMILES string of the molecule is CC(CCCNC1CC1)N1CCC(N2CCCC2)C1. The summed E-state index contributed by atoms with van der Waals surface area (Å²) in [5.41, 5.74) is 0. The summed E-state index contributed by atoms with van der Waals surface area (Å²) in [4.78, 5) is 5.47. The molecule has 0 aromatic carbocycles. The molecule has 3 rings (SSSR count). The minimum atomic E-state index is 0.786. The summed E-state index contributed by atoms with van der Waals surface area (Å²) < 4.78 is 0. The molecule has 0 aromatic heterocycles. The molecule has 3 nitrogen and oxygen atoms in total. The number of rotatable bonds is 7. The van der Waals surface area contributed by atoms with Crippen molar-refractivity contribution in [2.24, 2.45) is 0 Å². The minimum Gasteiger partial charge on any atom is -0.314 e. The normalized spacial score (nSPS) is 31.1. The standard InChI is InChI=1S/C16H31N3/c1-14(5-4-9-17-15-6-7-15)19-12-8-16(13-19)18-10-2-3-11-18/h14-17H,2-13H2,1H3. The molecular formula is C16H31N3. The summed E-state index contributed by atoms with van der Waals surface area (Å²) in [5.74, 6) is 0. The average Bonchev–Trinajstić information content (AvgIpc) is 2.93. The van der Waals surface area contributed by atoms with E-state index >= 15 is 0 Å². The van der Waals surface area contributed by atoms with Gasteiger partial charge in [0.2, 0.25) is 0 Å². The Hall–Kier alpha value is -0.120. The van der Waals surface area contributed by atoms with Gasteiger partial charge in [-0.15, -0.1) is 0 Å². The van der Waals surface area contributed by atoms with Crippen LogP contribution in [-0.2, 0) is 0 Å². The molecule has 0 amide bonds. The van der Waals surface area contributed by atoms with E-state index in [4.69, 9.17) is 0 Å². The first-order valence-electron chi connectivity index (χ1n) is 8.54. The van der Waals surface area contributed by atoms with E-state index in [2.05, 4.69) is 22.0 Å². The fourth-order valence-corrected chi connectivity index (χ4v) is 3.75. The molecular weight excluding hydrogens is 234 g/mol. The van der Waals surface area contributed by atoms with Crippen molar-refractivity contribution in [3.8, 4) is 0 Å². The van der Waals surface area contributed by atoms with Crippen molar-refractivity contribution in [3.63, 3.8) is 0 Å². The van der Waals surface area contributed by atoms with Crippen molar-refractivity contribution < 1.29 is 0 Å². The zero-order valence-electron chi connectivity index (χ0n) is 12.6. The number of nitrogens with zero attached hydrogens (tertiary/aromatic N) is 2. The molecule has 3 aliphatic rings. The molecule has 0 bridgehead atoms. The summed E-state index contributed by atoms with van der Waals surface area (Å²) >= 11 is 0. The van der Waals surface area contributed by atoms with E-state index in [0.29, 0.717) is 0 Å². The lowest BCUT2D eigenvalue weighted by Gasteiger charge is -2.27. The molecule has 0 spiro atoms. The second-order valence-corrected chi connectivity index (χ2v) is 6.90. The molecule has 2 atom stereocenters. The fourth-order valence-electron chi connectivity index (χ4n) is 3.75. The molecule has 2 saturated heterocycles. The molecule has 0 aromatic rings. The Morgan fingerprint density at radius 2 is 1.89 bits per heavy atom. The summed E-state index contributed by atoms with van der Waals surface area (Å²) in [6.07, 6.45) is 9.82. The molecule has 1 aliphatic carbocycles. The van der Waals surface area contributed by atoms with Gasteiger partial charge >= 0.3 is 0 Å². The van der Waals surface area contributed by atoms with E-state index in [1.807, 2.05) is 0 Å². The van der Waals surface area contributed by atoms with E-state index in [-0.39, 0.29) is 0 Å². The first-order valence-corrected chi connectivity index (χ1v) is 8.54. The van der Waals surface area contributed by atoms with Gasteiger partial charge < -0.3 is 5.32 Å².